The van der Waals surface area contributed by atoms with Crippen LogP contribution in [-0.4, -0.2) is 18.2 Å². The van der Waals surface area contributed by atoms with Crippen LogP contribution in [0.4, 0.5) is 0 Å². The van der Waals surface area contributed by atoms with Crippen LogP contribution in [0.3, 0.4) is 0 Å². The van der Waals surface area contributed by atoms with Gasteiger partial charge in [-0.05, 0) is 24.5 Å². The van der Waals surface area contributed by atoms with Crippen LogP contribution in [0.2, 0.25) is 5.15 Å². The summed E-state index contributed by atoms with van der Waals surface area (Å²) in [4.78, 5) is 4.15. The zero-order valence-electron chi connectivity index (χ0n) is 8.58. The second-order valence-electron chi connectivity index (χ2n) is 3.84. The lowest BCUT2D eigenvalue weighted by Crippen LogP contribution is -2.16. The van der Waals surface area contributed by atoms with E-state index >= 15 is 0 Å². The maximum atomic E-state index is 5.91. The minimum Gasteiger partial charge on any atom is -0.381 e. The lowest BCUT2D eigenvalue weighted by atomic mass is 9.94. The van der Waals surface area contributed by atoms with Crippen LogP contribution < -0.4 is 5.73 Å². The zero-order chi connectivity index (χ0) is 10.7. The molecule has 1 unspecified atom stereocenters. The Labute approximate surface area is 94.6 Å². The number of aromatic nitrogens is 1. The van der Waals surface area contributed by atoms with Crippen molar-refractivity contribution in [3.05, 3.63) is 28.5 Å². The summed E-state index contributed by atoms with van der Waals surface area (Å²) in [6.45, 7) is 2.10. The summed E-state index contributed by atoms with van der Waals surface area (Å²) in [6.07, 6.45) is 4.11. The van der Waals surface area contributed by atoms with Crippen molar-refractivity contribution < 1.29 is 4.74 Å². The Hall–Kier alpha value is -0.640. The van der Waals surface area contributed by atoms with Crippen LogP contribution in [0.25, 0.3) is 0 Å². The van der Waals surface area contributed by atoms with Gasteiger partial charge in [0.2, 0.25) is 0 Å². The summed E-state index contributed by atoms with van der Waals surface area (Å²) >= 11 is 5.91. The van der Waals surface area contributed by atoms with E-state index in [2.05, 4.69) is 11.1 Å². The normalized spacial score (nSPS) is 21.6. The number of nitrogens with zero attached hydrogens (tertiary/aromatic N) is 1. The molecule has 0 spiro atoms. The molecule has 0 aromatic carbocycles. The third-order valence-corrected chi connectivity index (χ3v) is 3.12. The van der Waals surface area contributed by atoms with Gasteiger partial charge in [0.15, 0.2) is 0 Å². The molecule has 1 aromatic heterocycles. The molecule has 0 aliphatic carbocycles. The number of pyridine rings is 1. The number of hydrogen-bond acceptors (Lipinski definition) is 3. The van der Waals surface area contributed by atoms with Crippen molar-refractivity contribution in [1.29, 1.82) is 0 Å². The fourth-order valence-corrected chi connectivity index (χ4v) is 2.06. The van der Waals surface area contributed by atoms with E-state index in [1.54, 1.807) is 0 Å². The topological polar surface area (TPSA) is 48.1 Å². The van der Waals surface area contributed by atoms with Crippen molar-refractivity contribution in [2.45, 2.75) is 25.3 Å². The molecule has 2 rings (SSSR count). The number of rotatable bonds is 2. The molecule has 1 aliphatic heterocycles. The second-order valence-corrected chi connectivity index (χ2v) is 4.19. The van der Waals surface area contributed by atoms with Crippen molar-refractivity contribution in [3.63, 3.8) is 0 Å². The maximum absolute atomic E-state index is 5.91. The van der Waals surface area contributed by atoms with Gasteiger partial charge in [0.25, 0.3) is 0 Å². The molecule has 0 radical (unpaired) electrons. The average molecular weight is 227 g/mol. The van der Waals surface area contributed by atoms with Crippen molar-refractivity contribution in [1.82, 2.24) is 4.98 Å². The van der Waals surface area contributed by atoms with Crippen molar-refractivity contribution in [2.75, 3.05) is 13.2 Å². The van der Waals surface area contributed by atoms with Gasteiger partial charge in [0.1, 0.15) is 5.15 Å². The Morgan fingerprint density at radius 2 is 2.47 bits per heavy atom. The van der Waals surface area contributed by atoms with Gasteiger partial charge in [-0.1, -0.05) is 11.6 Å². The Morgan fingerprint density at radius 1 is 1.60 bits per heavy atom. The minimum absolute atomic E-state index is 0.438. The van der Waals surface area contributed by atoms with Crippen LogP contribution >= 0.6 is 11.6 Å². The zero-order valence-corrected chi connectivity index (χ0v) is 9.33. The quantitative estimate of drug-likeness (QED) is 0.786. The van der Waals surface area contributed by atoms with Gasteiger partial charge in [-0.2, -0.15) is 0 Å². The molecule has 0 saturated carbocycles. The van der Waals surface area contributed by atoms with Crippen LogP contribution in [0.1, 0.15) is 29.9 Å². The Morgan fingerprint density at radius 3 is 3.13 bits per heavy atom. The van der Waals surface area contributed by atoms with Crippen molar-refractivity contribution in [3.8, 4) is 0 Å². The lowest BCUT2D eigenvalue weighted by molar-refractivity contribution is 0.0803. The van der Waals surface area contributed by atoms with Gasteiger partial charge < -0.3 is 10.5 Å². The third kappa shape index (κ3) is 2.48. The molecule has 15 heavy (non-hydrogen) atoms. The number of nitrogens with two attached hydrogens (primary N) is 1. The fourth-order valence-electron chi connectivity index (χ4n) is 1.88. The van der Waals surface area contributed by atoms with Gasteiger partial charge in [0, 0.05) is 30.8 Å². The Kier molecular flexibility index (Phi) is 3.57. The first-order chi connectivity index (χ1) is 7.31. The summed E-state index contributed by atoms with van der Waals surface area (Å²) in [7, 11) is 0. The first kappa shape index (κ1) is 10.9. The molecule has 3 nitrogen and oxygen atoms in total. The molecule has 1 saturated heterocycles. The van der Waals surface area contributed by atoms with E-state index in [0.29, 0.717) is 17.6 Å². The van der Waals surface area contributed by atoms with Gasteiger partial charge in [0.05, 0.1) is 6.61 Å². The van der Waals surface area contributed by atoms with E-state index < -0.39 is 0 Å². The van der Waals surface area contributed by atoms with E-state index in [1.165, 1.54) is 5.56 Å². The van der Waals surface area contributed by atoms with Crippen LogP contribution in [0.5, 0.6) is 0 Å². The third-order valence-electron chi connectivity index (χ3n) is 2.78. The highest BCUT2D eigenvalue weighted by atomic mass is 35.5. The molecule has 2 heterocycles. The van der Waals surface area contributed by atoms with Crippen LogP contribution in [-0.2, 0) is 11.3 Å². The maximum Gasteiger partial charge on any atom is 0.133 e. The van der Waals surface area contributed by atoms with E-state index in [9.17, 15) is 0 Å². The average Bonchev–Trinajstić information content (AvgIpc) is 2.31. The monoisotopic (exact) mass is 226 g/mol. The summed E-state index contributed by atoms with van der Waals surface area (Å²) in [5.74, 6) is 0.453. The molecular formula is C11H15ClN2O. The van der Waals surface area contributed by atoms with E-state index in [1.807, 2.05) is 6.20 Å². The van der Waals surface area contributed by atoms with Gasteiger partial charge in [-0.15, -0.1) is 0 Å². The molecule has 1 aromatic rings. The predicted molar refractivity (Wildman–Crippen MR) is 59.9 cm³/mol. The summed E-state index contributed by atoms with van der Waals surface area (Å²) in [5, 5.41) is 0.512. The van der Waals surface area contributed by atoms with Gasteiger partial charge in [-0.3, -0.25) is 0 Å². The molecule has 1 atom stereocenters. The minimum atomic E-state index is 0.438. The van der Waals surface area contributed by atoms with E-state index in [0.717, 1.165) is 31.6 Å². The molecule has 4 heteroatoms. The molecule has 2 N–H and O–H groups in total. The summed E-state index contributed by atoms with van der Waals surface area (Å²) < 4.78 is 5.45. The first-order valence-corrected chi connectivity index (χ1v) is 5.61. The molecule has 1 aliphatic rings. The lowest BCUT2D eigenvalue weighted by Gasteiger charge is -2.22. The van der Waals surface area contributed by atoms with Crippen LogP contribution in [0, 0.1) is 0 Å². The van der Waals surface area contributed by atoms with Gasteiger partial charge in [-0.25, -0.2) is 4.98 Å². The largest absolute Gasteiger partial charge is 0.381 e. The van der Waals surface area contributed by atoms with Crippen molar-refractivity contribution >= 4 is 11.6 Å². The Bertz CT molecular complexity index is 337. The van der Waals surface area contributed by atoms with E-state index in [4.69, 9.17) is 22.1 Å². The standard InChI is InChI=1S/C11H15ClN2O/c12-11-9(5-13)4-10(6-14-11)8-2-1-3-15-7-8/h4,6,8H,1-3,5,7,13H2. The molecule has 0 amide bonds. The SMILES string of the molecule is NCc1cc(C2CCCOC2)cnc1Cl. The van der Waals surface area contributed by atoms with Crippen molar-refractivity contribution in [2.24, 2.45) is 5.73 Å². The summed E-state index contributed by atoms with van der Waals surface area (Å²) in [5.41, 5.74) is 7.70. The number of halogens is 1. The molecule has 1 fully saturated rings. The molecule has 82 valence electrons. The Balaban J connectivity index is 2.20. The molecule has 0 bridgehead atoms. The van der Waals surface area contributed by atoms with Crippen LogP contribution in [0.15, 0.2) is 12.3 Å². The highest BCUT2D eigenvalue weighted by molar-refractivity contribution is 6.30. The smallest absolute Gasteiger partial charge is 0.133 e. The van der Waals surface area contributed by atoms with E-state index in [-0.39, 0.29) is 0 Å². The fraction of sp³-hybridized carbons (Fsp3) is 0.545. The highest BCUT2D eigenvalue weighted by Crippen LogP contribution is 2.26. The number of ether oxygens (including phenoxy) is 1. The first-order valence-electron chi connectivity index (χ1n) is 5.23. The summed E-state index contributed by atoms with van der Waals surface area (Å²) in [6, 6.07) is 2.05. The highest BCUT2D eigenvalue weighted by Gasteiger charge is 2.17. The predicted octanol–water partition coefficient (Wildman–Crippen LogP) is 2.09. The van der Waals surface area contributed by atoms with Gasteiger partial charge >= 0.3 is 0 Å². The molecular weight excluding hydrogens is 212 g/mol. The number of hydrogen-bond donors (Lipinski definition) is 1. The second kappa shape index (κ2) is 4.92.